The van der Waals surface area contributed by atoms with Crippen molar-refractivity contribution in [2.24, 2.45) is 0 Å². The van der Waals surface area contributed by atoms with Crippen molar-refractivity contribution < 1.29 is 23.1 Å². The first-order chi connectivity index (χ1) is 10.2. The number of anilines is 1. The second-order valence-corrected chi connectivity index (χ2v) is 6.15. The van der Waals surface area contributed by atoms with Crippen molar-refractivity contribution in [3.63, 3.8) is 0 Å². The van der Waals surface area contributed by atoms with Gasteiger partial charge in [-0.1, -0.05) is 6.92 Å². The number of carbonyl (C=O) groups is 2. The highest BCUT2D eigenvalue weighted by Gasteiger charge is 2.13. The fourth-order valence-electron chi connectivity index (χ4n) is 1.69. The van der Waals surface area contributed by atoms with Gasteiger partial charge in [0.05, 0.1) is 6.42 Å². The number of carboxylic acid groups (broad SMARTS) is 1. The fraction of sp³-hybridized carbons (Fsp3) is 0.385. The molecule has 1 rings (SSSR count). The van der Waals surface area contributed by atoms with Gasteiger partial charge in [-0.15, -0.1) is 0 Å². The zero-order valence-electron chi connectivity index (χ0n) is 12.3. The third-order valence-corrected chi connectivity index (χ3v) is 3.77. The minimum Gasteiger partial charge on any atom is -0.481 e. The lowest BCUT2D eigenvalue weighted by Crippen LogP contribution is -2.34. The average molecular weight is 329 g/mol. The van der Waals surface area contributed by atoms with Crippen LogP contribution in [0.2, 0.25) is 0 Å². The normalized spacial score (nSPS) is 12.5. The van der Waals surface area contributed by atoms with Crippen LogP contribution in [0.25, 0.3) is 0 Å². The Balaban J connectivity index is 2.68. The summed E-state index contributed by atoms with van der Waals surface area (Å²) in [6.07, 6.45) is -0.174. The Bertz CT molecular complexity index is 628. The van der Waals surface area contributed by atoms with Crippen molar-refractivity contribution in [3.8, 4) is 0 Å². The summed E-state index contributed by atoms with van der Waals surface area (Å²) in [6.45, 7) is 3.51. The van der Waals surface area contributed by atoms with Crippen LogP contribution < -0.4 is 14.8 Å². The molecule has 0 saturated heterocycles. The number of hydrogen-bond acceptors (Lipinski definition) is 4. The summed E-state index contributed by atoms with van der Waals surface area (Å²) >= 11 is 0. The fourth-order valence-corrected chi connectivity index (χ4v) is 2.59. The molecule has 1 amide bonds. The number of rotatable bonds is 8. The molecule has 1 aromatic carbocycles. The van der Waals surface area contributed by atoms with Gasteiger partial charge in [0.15, 0.2) is 0 Å². The number of carboxylic acids is 1. The lowest BCUT2D eigenvalue weighted by atomic mass is 10.1. The molecule has 0 unspecified atom stereocenters. The minimum atomic E-state index is -3.62. The molecule has 0 heterocycles. The summed E-state index contributed by atoms with van der Waals surface area (Å²) in [5.74, 6) is -1.42. The molecule has 0 aliphatic rings. The SMILES string of the molecule is CCNS(=O)(=O)Nc1ccc(C(=O)N[C@H](C)CC(=O)O)cc1. The van der Waals surface area contributed by atoms with Crippen LogP contribution in [0.4, 0.5) is 5.69 Å². The second kappa shape index (κ2) is 7.76. The first-order valence-electron chi connectivity index (χ1n) is 6.63. The molecule has 0 saturated carbocycles. The van der Waals surface area contributed by atoms with E-state index in [-0.39, 0.29) is 13.0 Å². The molecule has 0 fully saturated rings. The van der Waals surface area contributed by atoms with E-state index in [9.17, 15) is 18.0 Å². The third-order valence-electron chi connectivity index (χ3n) is 2.59. The third kappa shape index (κ3) is 6.10. The molecule has 0 aliphatic carbocycles. The average Bonchev–Trinajstić information content (AvgIpc) is 2.37. The van der Waals surface area contributed by atoms with Gasteiger partial charge in [0.25, 0.3) is 16.1 Å². The zero-order chi connectivity index (χ0) is 16.8. The number of hydrogen-bond donors (Lipinski definition) is 4. The highest BCUT2D eigenvalue weighted by Crippen LogP contribution is 2.11. The molecule has 0 bridgehead atoms. The van der Waals surface area contributed by atoms with E-state index in [4.69, 9.17) is 5.11 Å². The van der Waals surface area contributed by atoms with Crippen LogP contribution in [0.3, 0.4) is 0 Å². The van der Waals surface area contributed by atoms with Crippen LogP contribution in [0.15, 0.2) is 24.3 Å². The Morgan fingerprint density at radius 2 is 1.82 bits per heavy atom. The van der Waals surface area contributed by atoms with Crippen LogP contribution in [0, 0.1) is 0 Å². The lowest BCUT2D eigenvalue weighted by Gasteiger charge is -2.12. The quantitative estimate of drug-likeness (QED) is 0.554. The summed E-state index contributed by atoms with van der Waals surface area (Å²) in [4.78, 5) is 22.4. The summed E-state index contributed by atoms with van der Waals surface area (Å²) in [6, 6.07) is 5.30. The number of amides is 1. The van der Waals surface area contributed by atoms with Crippen LogP contribution in [-0.2, 0) is 15.0 Å². The minimum absolute atomic E-state index is 0.174. The van der Waals surface area contributed by atoms with Gasteiger partial charge in [0, 0.05) is 23.8 Å². The molecule has 22 heavy (non-hydrogen) atoms. The molecule has 9 heteroatoms. The van der Waals surface area contributed by atoms with Crippen LogP contribution in [0.5, 0.6) is 0 Å². The lowest BCUT2D eigenvalue weighted by molar-refractivity contribution is -0.137. The van der Waals surface area contributed by atoms with E-state index in [1.165, 1.54) is 24.3 Å². The standard InChI is InChI=1S/C13H19N3O5S/c1-3-14-22(20,21)16-11-6-4-10(5-7-11)13(19)15-9(2)8-12(17)18/h4-7,9,14,16H,3,8H2,1-2H3,(H,15,19)(H,17,18)/t9-/m1/s1. The van der Waals surface area contributed by atoms with E-state index < -0.39 is 28.1 Å². The van der Waals surface area contributed by atoms with Gasteiger partial charge in [-0.05, 0) is 31.2 Å². The highest BCUT2D eigenvalue weighted by molar-refractivity contribution is 7.90. The Morgan fingerprint density at radius 3 is 2.32 bits per heavy atom. The van der Waals surface area contributed by atoms with E-state index in [2.05, 4.69) is 14.8 Å². The molecule has 4 N–H and O–H groups in total. The van der Waals surface area contributed by atoms with Gasteiger partial charge in [-0.3, -0.25) is 14.3 Å². The van der Waals surface area contributed by atoms with Crippen molar-refractivity contribution in [2.45, 2.75) is 26.3 Å². The van der Waals surface area contributed by atoms with Crippen molar-refractivity contribution in [1.29, 1.82) is 0 Å². The molecule has 0 aliphatic heterocycles. The van der Waals surface area contributed by atoms with Gasteiger partial charge in [0.1, 0.15) is 0 Å². The van der Waals surface area contributed by atoms with Crippen molar-refractivity contribution in [3.05, 3.63) is 29.8 Å². The maximum atomic E-state index is 11.9. The topological polar surface area (TPSA) is 125 Å². The summed E-state index contributed by atoms with van der Waals surface area (Å²) in [7, 11) is -3.62. The molecule has 1 aromatic rings. The van der Waals surface area contributed by atoms with Crippen molar-refractivity contribution >= 4 is 27.8 Å². The maximum absolute atomic E-state index is 11.9. The smallest absolute Gasteiger partial charge is 0.305 e. The Morgan fingerprint density at radius 1 is 1.23 bits per heavy atom. The molecule has 0 spiro atoms. The van der Waals surface area contributed by atoms with Gasteiger partial charge in [-0.25, -0.2) is 0 Å². The summed E-state index contributed by atoms with van der Waals surface area (Å²) in [5, 5.41) is 11.2. The first-order valence-corrected chi connectivity index (χ1v) is 8.12. The van der Waals surface area contributed by atoms with Crippen LogP contribution >= 0.6 is 0 Å². The number of carbonyl (C=O) groups excluding carboxylic acids is 1. The largest absolute Gasteiger partial charge is 0.481 e. The Hall–Kier alpha value is -2.13. The van der Waals surface area contributed by atoms with Gasteiger partial charge in [0.2, 0.25) is 0 Å². The van der Waals surface area contributed by atoms with E-state index in [1.54, 1.807) is 13.8 Å². The van der Waals surface area contributed by atoms with E-state index in [0.717, 1.165) is 0 Å². The highest BCUT2D eigenvalue weighted by atomic mass is 32.2. The summed E-state index contributed by atoms with van der Waals surface area (Å²) in [5.41, 5.74) is 0.625. The van der Waals surface area contributed by atoms with Gasteiger partial charge in [-0.2, -0.15) is 13.1 Å². The number of aliphatic carboxylic acids is 1. The Labute approximate surface area is 129 Å². The molecule has 0 radical (unpaired) electrons. The number of benzene rings is 1. The van der Waals surface area contributed by atoms with E-state index in [1.807, 2.05) is 0 Å². The van der Waals surface area contributed by atoms with Crippen LogP contribution in [0.1, 0.15) is 30.6 Å². The summed E-state index contributed by atoms with van der Waals surface area (Å²) < 4.78 is 27.6. The van der Waals surface area contributed by atoms with Gasteiger partial charge >= 0.3 is 5.97 Å². The second-order valence-electron chi connectivity index (χ2n) is 4.65. The zero-order valence-corrected chi connectivity index (χ0v) is 13.1. The van der Waals surface area contributed by atoms with E-state index >= 15 is 0 Å². The first kappa shape index (κ1) is 17.9. The maximum Gasteiger partial charge on any atom is 0.305 e. The van der Waals surface area contributed by atoms with E-state index in [0.29, 0.717) is 11.3 Å². The van der Waals surface area contributed by atoms with Crippen LogP contribution in [-0.4, -0.2) is 38.0 Å². The molecule has 0 aromatic heterocycles. The van der Waals surface area contributed by atoms with Crippen molar-refractivity contribution in [1.82, 2.24) is 10.0 Å². The molecular formula is C13H19N3O5S. The number of nitrogens with one attached hydrogen (secondary N) is 3. The molecule has 122 valence electrons. The Kier molecular flexibility index (Phi) is 6.32. The van der Waals surface area contributed by atoms with Gasteiger partial charge < -0.3 is 10.4 Å². The predicted octanol–water partition coefficient (Wildman–Crippen LogP) is 0.546. The monoisotopic (exact) mass is 329 g/mol. The predicted molar refractivity (Wildman–Crippen MR) is 81.8 cm³/mol. The molecule has 8 nitrogen and oxygen atoms in total. The molecule has 1 atom stereocenters. The van der Waals surface area contributed by atoms with Crippen molar-refractivity contribution in [2.75, 3.05) is 11.3 Å². The molecular weight excluding hydrogens is 310 g/mol.